The van der Waals surface area contributed by atoms with E-state index in [0.29, 0.717) is 11.4 Å². The first kappa shape index (κ1) is 35.9. The summed E-state index contributed by atoms with van der Waals surface area (Å²) in [5.41, 5.74) is 21.4. The van der Waals surface area contributed by atoms with Gasteiger partial charge in [0.05, 0.1) is 23.1 Å². The third-order valence-electron chi connectivity index (χ3n) is 9.23. The molecule has 0 saturated heterocycles. The molecule has 0 saturated carbocycles. The molecule has 0 radical (unpaired) electrons. The molecule has 0 bridgehead atoms. The number of nitrogens with two attached hydrogens (primary N) is 2. The van der Waals surface area contributed by atoms with Gasteiger partial charge < -0.3 is 11.5 Å². The fraction of sp³-hybridized carbons (Fsp3) is 0.632. The summed E-state index contributed by atoms with van der Waals surface area (Å²) in [7, 11) is 0. The lowest BCUT2D eigenvalue weighted by atomic mass is 9.99. The Bertz CT molecular complexity index is 1280. The van der Waals surface area contributed by atoms with E-state index in [1.54, 1.807) is 22.7 Å². The van der Waals surface area contributed by atoms with Crippen molar-refractivity contribution in [3.8, 4) is 20.9 Å². The van der Waals surface area contributed by atoms with E-state index in [0.717, 1.165) is 44.8 Å². The standard InChI is InChI=1S/C38H58N4S3/c1-3-5-7-9-11-13-15-17-19-21-23-29-25-31(43-27-29)33-35(39)36(40)34(38-37(33)41-45-42-38)32-26-30(28-44-32)24-22-20-18-16-14-12-10-8-6-4-2/h25-28H,3-24,39-40H2,1-2H3. The zero-order valence-corrected chi connectivity index (χ0v) is 30.6. The Morgan fingerprint density at radius 1 is 0.489 bits per heavy atom. The average Bonchev–Trinajstić information content (AvgIpc) is 3.82. The molecule has 0 aliphatic heterocycles. The molecule has 0 spiro atoms. The van der Waals surface area contributed by atoms with E-state index in [9.17, 15) is 0 Å². The van der Waals surface area contributed by atoms with Gasteiger partial charge in [-0.05, 0) is 59.7 Å². The molecule has 0 amide bonds. The summed E-state index contributed by atoms with van der Waals surface area (Å²) < 4.78 is 9.48. The van der Waals surface area contributed by atoms with Crippen LogP contribution in [0.2, 0.25) is 0 Å². The van der Waals surface area contributed by atoms with E-state index in [1.165, 1.54) is 151 Å². The lowest BCUT2D eigenvalue weighted by molar-refractivity contribution is 0.556. The zero-order valence-electron chi connectivity index (χ0n) is 28.1. The molecule has 0 aliphatic rings. The van der Waals surface area contributed by atoms with Crippen LogP contribution in [0.15, 0.2) is 22.9 Å². The Balaban J connectivity index is 1.29. The SMILES string of the molecule is CCCCCCCCCCCCc1csc(-c2c(N)c(N)c(-c3cc(CCCCCCCCCCCC)cs3)c3nsnc23)c1. The molecule has 0 fully saturated rings. The van der Waals surface area contributed by atoms with Gasteiger partial charge in [0.15, 0.2) is 0 Å². The van der Waals surface area contributed by atoms with Crippen molar-refractivity contribution in [1.29, 1.82) is 0 Å². The molecule has 0 unspecified atom stereocenters. The minimum absolute atomic E-state index is 0.641. The molecule has 7 heteroatoms. The van der Waals surface area contributed by atoms with Crippen molar-refractivity contribution in [1.82, 2.24) is 8.75 Å². The van der Waals surface area contributed by atoms with Crippen molar-refractivity contribution in [2.75, 3.05) is 11.5 Å². The van der Waals surface area contributed by atoms with Gasteiger partial charge in [-0.2, -0.15) is 8.75 Å². The van der Waals surface area contributed by atoms with Crippen molar-refractivity contribution in [2.45, 2.75) is 155 Å². The number of nitrogen functional groups attached to an aromatic ring is 2. The Hall–Kier alpha value is -1.96. The second kappa shape index (κ2) is 20.3. The number of aromatic nitrogens is 2. The van der Waals surface area contributed by atoms with Gasteiger partial charge in [-0.25, -0.2) is 0 Å². The molecule has 4 nitrogen and oxygen atoms in total. The second-order valence-corrected chi connectivity index (χ2v) is 15.4. The van der Waals surface area contributed by atoms with E-state index in [2.05, 4.69) is 36.7 Å². The van der Waals surface area contributed by atoms with Crippen LogP contribution in [-0.4, -0.2) is 8.75 Å². The molecule has 3 aromatic heterocycles. The average molecular weight is 667 g/mol. The third kappa shape index (κ3) is 11.1. The van der Waals surface area contributed by atoms with Crippen LogP contribution >= 0.6 is 34.4 Å². The number of benzene rings is 1. The maximum atomic E-state index is 6.80. The highest BCUT2D eigenvalue weighted by Gasteiger charge is 2.23. The first-order valence-electron chi connectivity index (χ1n) is 18.1. The van der Waals surface area contributed by atoms with Gasteiger partial charge in [0, 0.05) is 20.9 Å². The van der Waals surface area contributed by atoms with Crippen molar-refractivity contribution < 1.29 is 0 Å². The predicted octanol–water partition coefficient (Wildman–Crippen LogP) is 13.2. The number of fused-ring (bicyclic) bond motifs is 1. The van der Waals surface area contributed by atoms with Crippen LogP contribution < -0.4 is 11.5 Å². The second-order valence-electron chi connectivity index (χ2n) is 13.0. The number of hydrogen-bond donors (Lipinski definition) is 2. The first-order chi connectivity index (χ1) is 22.1. The summed E-state index contributed by atoms with van der Waals surface area (Å²) in [4.78, 5) is 2.30. The Labute approximate surface area is 285 Å². The lowest BCUT2D eigenvalue weighted by Crippen LogP contribution is -2.01. The van der Waals surface area contributed by atoms with Crippen LogP contribution in [-0.2, 0) is 12.8 Å². The smallest absolute Gasteiger partial charge is 0.116 e. The Morgan fingerprint density at radius 2 is 0.822 bits per heavy atom. The monoisotopic (exact) mass is 666 g/mol. The summed E-state index contributed by atoms with van der Waals surface area (Å²) in [6.07, 6.45) is 29.5. The zero-order chi connectivity index (χ0) is 31.7. The maximum Gasteiger partial charge on any atom is 0.116 e. The molecule has 0 atom stereocenters. The van der Waals surface area contributed by atoms with Gasteiger partial charge in [-0.1, -0.05) is 129 Å². The maximum absolute atomic E-state index is 6.80. The van der Waals surface area contributed by atoms with E-state index >= 15 is 0 Å². The van der Waals surface area contributed by atoms with Gasteiger partial charge in [0.2, 0.25) is 0 Å². The molecule has 4 rings (SSSR count). The molecular weight excluding hydrogens is 609 g/mol. The summed E-state index contributed by atoms with van der Waals surface area (Å²) in [6.45, 7) is 4.57. The van der Waals surface area contributed by atoms with Crippen LogP contribution in [0.5, 0.6) is 0 Å². The topological polar surface area (TPSA) is 77.8 Å². The largest absolute Gasteiger partial charge is 0.396 e. The summed E-state index contributed by atoms with van der Waals surface area (Å²) in [5, 5.41) is 4.58. The Morgan fingerprint density at radius 3 is 1.18 bits per heavy atom. The highest BCUT2D eigenvalue weighted by molar-refractivity contribution is 7.14. The highest BCUT2D eigenvalue weighted by atomic mass is 32.1. The number of thiophene rings is 2. The number of unbranched alkanes of at least 4 members (excludes halogenated alkanes) is 18. The molecule has 1 aromatic carbocycles. The van der Waals surface area contributed by atoms with Crippen LogP contribution in [0.4, 0.5) is 11.4 Å². The van der Waals surface area contributed by atoms with Crippen LogP contribution in [0.3, 0.4) is 0 Å². The van der Waals surface area contributed by atoms with Gasteiger partial charge >= 0.3 is 0 Å². The molecule has 248 valence electrons. The molecule has 0 aliphatic carbocycles. The molecule has 3 heterocycles. The highest BCUT2D eigenvalue weighted by Crippen LogP contribution is 2.47. The van der Waals surface area contributed by atoms with Crippen molar-refractivity contribution >= 4 is 56.8 Å². The van der Waals surface area contributed by atoms with Crippen molar-refractivity contribution in [2.24, 2.45) is 0 Å². The quantitative estimate of drug-likeness (QED) is 0.0576. The minimum Gasteiger partial charge on any atom is -0.396 e. The van der Waals surface area contributed by atoms with Gasteiger partial charge in [-0.3, -0.25) is 0 Å². The Kier molecular flexibility index (Phi) is 16.2. The van der Waals surface area contributed by atoms with E-state index in [4.69, 9.17) is 20.2 Å². The van der Waals surface area contributed by atoms with Gasteiger partial charge in [0.25, 0.3) is 0 Å². The first-order valence-corrected chi connectivity index (χ1v) is 20.6. The fourth-order valence-electron chi connectivity index (χ4n) is 6.45. The van der Waals surface area contributed by atoms with Crippen LogP contribution in [0.1, 0.15) is 153 Å². The minimum atomic E-state index is 0.641. The number of hydrogen-bond acceptors (Lipinski definition) is 7. The number of nitrogens with zero attached hydrogens (tertiary/aromatic N) is 2. The summed E-state index contributed by atoms with van der Waals surface area (Å²) in [5.74, 6) is 0. The van der Waals surface area contributed by atoms with E-state index in [-0.39, 0.29) is 0 Å². The van der Waals surface area contributed by atoms with Crippen molar-refractivity contribution in [3.05, 3.63) is 34.0 Å². The summed E-state index contributed by atoms with van der Waals surface area (Å²) >= 11 is 4.77. The molecular formula is C38H58N4S3. The van der Waals surface area contributed by atoms with Crippen molar-refractivity contribution in [3.63, 3.8) is 0 Å². The molecule has 4 aromatic rings. The van der Waals surface area contributed by atoms with Crippen LogP contribution in [0, 0.1) is 0 Å². The van der Waals surface area contributed by atoms with E-state index < -0.39 is 0 Å². The number of rotatable bonds is 24. The van der Waals surface area contributed by atoms with Gasteiger partial charge in [-0.15, -0.1) is 22.7 Å². The molecule has 4 N–H and O–H groups in total. The third-order valence-corrected chi connectivity index (χ3v) is 11.8. The predicted molar refractivity (Wildman–Crippen MR) is 204 cm³/mol. The number of aryl methyl sites for hydroxylation is 2. The van der Waals surface area contributed by atoms with Crippen LogP contribution in [0.25, 0.3) is 31.9 Å². The number of anilines is 2. The normalized spacial score (nSPS) is 11.7. The summed E-state index contributed by atoms with van der Waals surface area (Å²) in [6, 6.07) is 4.61. The van der Waals surface area contributed by atoms with Gasteiger partial charge in [0.1, 0.15) is 11.0 Å². The molecule has 45 heavy (non-hydrogen) atoms. The van der Waals surface area contributed by atoms with E-state index in [1.807, 2.05) is 0 Å². The fourth-order valence-corrected chi connectivity index (χ4v) is 9.02. The lowest BCUT2D eigenvalue weighted by Gasteiger charge is -2.12.